The summed E-state index contributed by atoms with van der Waals surface area (Å²) in [7, 11) is 1.60. The fourth-order valence-electron chi connectivity index (χ4n) is 2.46. The van der Waals surface area contributed by atoms with Crippen LogP contribution in [0.3, 0.4) is 0 Å². The van der Waals surface area contributed by atoms with Crippen LogP contribution in [0.2, 0.25) is 0 Å². The van der Waals surface area contributed by atoms with Crippen molar-refractivity contribution in [2.75, 3.05) is 13.7 Å². The first kappa shape index (κ1) is 19.1. The summed E-state index contributed by atoms with van der Waals surface area (Å²) in [6, 6.07) is 14.1. The van der Waals surface area contributed by atoms with Crippen LogP contribution in [0.1, 0.15) is 21.8 Å². The summed E-state index contributed by atoms with van der Waals surface area (Å²) in [5.74, 6) is 1.07. The predicted molar refractivity (Wildman–Crippen MR) is 102 cm³/mol. The van der Waals surface area contributed by atoms with E-state index in [9.17, 15) is 9.59 Å². The maximum absolute atomic E-state index is 12.2. The molecular formula is C20H20N4O4. The molecule has 2 N–H and O–H groups in total. The maximum Gasteiger partial charge on any atom is 0.251 e. The largest absolute Gasteiger partial charge is 0.497 e. The van der Waals surface area contributed by atoms with Crippen LogP contribution >= 0.6 is 0 Å². The smallest absolute Gasteiger partial charge is 0.251 e. The van der Waals surface area contributed by atoms with Gasteiger partial charge in [-0.25, -0.2) is 0 Å². The zero-order valence-corrected chi connectivity index (χ0v) is 15.6. The number of aromatic nitrogens is 2. The van der Waals surface area contributed by atoms with Crippen molar-refractivity contribution in [3.8, 4) is 17.1 Å². The predicted octanol–water partition coefficient (Wildman–Crippen LogP) is 2.10. The highest BCUT2D eigenvalue weighted by atomic mass is 16.5. The van der Waals surface area contributed by atoms with E-state index in [-0.39, 0.29) is 18.4 Å². The van der Waals surface area contributed by atoms with Crippen LogP contribution in [-0.2, 0) is 11.3 Å². The van der Waals surface area contributed by atoms with Crippen molar-refractivity contribution in [3.63, 3.8) is 0 Å². The second-order valence-electron chi connectivity index (χ2n) is 6.02. The summed E-state index contributed by atoms with van der Waals surface area (Å²) in [6.07, 6.45) is 0. The van der Waals surface area contributed by atoms with E-state index in [1.165, 1.54) is 0 Å². The maximum atomic E-state index is 12.2. The molecule has 2 aromatic carbocycles. The topological polar surface area (TPSA) is 106 Å². The minimum atomic E-state index is -0.338. The SMILES string of the molecule is COc1ccc(CNC(=O)CNC(=O)c2ccc(-c3noc(C)n3)cc2)cc1. The standard InChI is InChI=1S/C20H20N4O4/c1-13-23-19(24-28-13)15-5-7-16(8-6-15)20(26)22-12-18(25)21-11-14-3-9-17(27-2)10-4-14/h3-10H,11-12H2,1-2H3,(H,21,25)(H,22,26). The zero-order valence-electron chi connectivity index (χ0n) is 15.6. The molecule has 0 saturated carbocycles. The van der Waals surface area contributed by atoms with Gasteiger partial charge < -0.3 is 19.9 Å². The third kappa shape index (κ3) is 4.94. The van der Waals surface area contributed by atoms with Crippen LogP contribution in [0.25, 0.3) is 11.4 Å². The van der Waals surface area contributed by atoms with Crippen molar-refractivity contribution < 1.29 is 18.8 Å². The van der Waals surface area contributed by atoms with Crippen LogP contribution in [0, 0.1) is 6.92 Å². The lowest BCUT2D eigenvalue weighted by Crippen LogP contribution is -2.36. The van der Waals surface area contributed by atoms with Gasteiger partial charge in [-0.05, 0) is 29.8 Å². The Bertz CT molecular complexity index is 949. The number of rotatable bonds is 7. The number of hydrogen-bond acceptors (Lipinski definition) is 6. The van der Waals surface area contributed by atoms with E-state index in [1.54, 1.807) is 38.3 Å². The molecule has 0 fully saturated rings. The van der Waals surface area contributed by atoms with Crippen LogP contribution in [0.15, 0.2) is 53.1 Å². The van der Waals surface area contributed by atoms with Gasteiger partial charge in [0.05, 0.1) is 13.7 Å². The van der Waals surface area contributed by atoms with Gasteiger partial charge >= 0.3 is 0 Å². The summed E-state index contributed by atoms with van der Waals surface area (Å²) in [4.78, 5) is 28.3. The van der Waals surface area contributed by atoms with E-state index >= 15 is 0 Å². The Morgan fingerprint density at radius 1 is 1.04 bits per heavy atom. The summed E-state index contributed by atoms with van der Waals surface area (Å²) >= 11 is 0. The number of hydrogen-bond donors (Lipinski definition) is 2. The van der Waals surface area contributed by atoms with Gasteiger partial charge in [0.2, 0.25) is 17.6 Å². The molecule has 8 nitrogen and oxygen atoms in total. The van der Waals surface area contributed by atoms with Crippen molar-refractivity contribution in [3.05, 3.63) is 65.5 Å². The molecule has 0 aliphatic rings. The number of benzene rings is 2. The number of amides is 2. The Kier molecular flexibility index (Phi) is 6.01. The quantitative estimate of drug-likeness (QED) is 0.650. The fraction of sp³-hybridized carbons (Fsp3) is 0.200. The molecule has 144 valence electrons. The van der Waals surface area contributed by atoms with Crippen molar-refractivity contribution >= 4 is 11.8 Å². The zero-order chi connectivity index (χ0) is 19.9. The van der Waals surface area contributed by atoms with E-state index in [0.29, 0.717) is 23.8 Å². The van der Waals surface area contributed by atoms with Gasteiger partial charge in [-0.1, -0.05) is 29.4 Å². The minimum absolute atomic E-state index is 0.110. The lowest BCUT2D eigenvalue weighted by Gasteiger charge is -2.08. The van der Waals surface area contributed by atoms with Crippen LogP contribution in [-0.4, -0.2) is 35.6 Å². The number of aryl methyl sites for hydroxylation is 1. The molecule has 0 bridgehead atoms. The second-order valence-corrected chi connectivity index (χ2v) is 6.02. The molecule has 0 aliphatic carbocycles. The average molecular weight is 380 g/mol. The van der Waals surface area contributed by atoms with Crippen molar-refractivity contribution in [2.24, 2.45) is 0 Å². The lowest BCUT2D eigenvalue weighted by molar-refractivity contribution is -0.120. The van der Waals surface area contributed by atoms with Gasteiger partial charge in [-0.15, -0.1) is 0 Å². The van der Waals surface area contributed by atoms with Gasteiger partial charge in [-0.3, -0.25) is 9.59 Å². The molecule has 0 saturated heterocycles. The van der Waals surface area contributed by atoms with E-state index in [4.69, 9.17) is 9.26 Å². The minimum Gasteiger partial charge on any atom is -0.497 e. The van der Waals surface area contributed by atoms with Crippen molar-refractivity contribution in [1.82, 2.24) is 20.8 Å². The molecule has 0 radical (unpaired) electrons. The van der Waals surface area contributed by atoms with E-state index in [2.05, 4.69) is 20.8 Å². The molecule has 1 aromatic heterocycles. The van der Waals surface area contributed by atoms with E-state index in [1.807, 2.05) is 24.3 Å². The molecule has 3 rings (SSSR count). The number of nitrogens with zero attached hydrogens (tertiary/aromatic N) is 2. The first-order valence-electron chi connectivity index (χ1n) is 8.64. The number of nitrogens with one attached hydrogen (secondary N) is 2. The first-order chi connectivity index (χ1) is 13.5. The molecule has 28 heavy (non-hydrogen) atoms. The summed E-state index contributed by atoms with van der Waals surface area (Å²) in [6.45, 7) is 1.97. The highest BCUT2D eigenvalue weighted by molar-refractivity contribution is 5.96. The van der Waals surface area contributed by atoms with Crippen molar-refractivity contribution in [1.29, 1.82) is 0 Å². The highest BCUT2D eigenvalue weighted by Crippen LogP contribution is 2.16. The van der Waals surface area contributed by atoms with E-state index < -0.39 is 0 Å². The third-order valence-corrected chi connectivity index (χ3v) is 3.99. The summed E-state index contributed by atoms with van der Waals surface area (Å²) < 4.78 is 10.0. The Morgan fingerprint density at radius 2 is 1.75 bits per heavy atom. The van der Waals surface area contributed by atoms with Crippen LogP contribution in [0.4, 0.5) is 0 Å². The molecule has 3 aromatic rings. The normalized spacial score (nSPS) is 10.4. The molecule has 2 amide bonds. The first-order valence-corrected chi connectivity index (χ1v) is 8.64. The van der Waals surface area contributed by atoms with Crippen molar-refractivity contribution in [2.45, 2.75) is 13.5 Å². The molecule has 8 heteroatoms. The second kappa shape index (κ2) is 8.81. The molecular weight excluding hydrogens is 360 g/mol. The van der Waals surface area contributed by atoms with Gasteiger partial charge in [0, 0.05) is 24.6 Å². The van der Waals surface area contributed by atoms with Gasteiger partial charge in [-0.2, -0.15) is 4.98 Å². The summed E-state index contributed by atoms with van der Waals surface area (Å²) in [5, 5.41) is 9.18. The number of methoxy groups -OCH3 is 1. The summed E-state index contributed by atoms with van der Waals surface area (Å²) in [5.41, 5.74) is 2.12. The fourth-order valence-corrected chi connectivity index (χ4v) is 2.46. The Balaban J connectivity index is 1.47. The molecule has 0 aliphatic heterocycles. The monoisotopic (exact) mass is 380 g/mol. The number of carbonyl (C=O) groups excluding carboxylic acids is 2. The Labute approximate surface area is 161 Å². The lowest BCUT2D eigenvalue weighted by atomic mass is 10.1. The molecule has 0 atom stereocenters. The van der Waals surface area contributed by atoms with Gasteiger partial charge in [0.1, 0.15) is 5.75 Å². The molecule has 1 heterocycles. The molecule has 0 spiro atoms. The number of ether oxygens (including phenoxy) is 1. The molecule has 0 unspecified atom stereocenters. The van der Waals surface area contributed by atoms with Crippen LogP contribution in [0.5, 0.6) is 5.75 Å². The average Bonchev–Trinajstić information content (AvgIpc) is 3.17. The number of carbonyl (C=O) groups is 2. The van der Waals surface area contributed by atoms with Gasteiger partial charge in [0.15, 0.2) is 0 Å². The Hall–Kier alpha value is -3.68. The Morgan fingerprint density at radius 3 is 2.36 bits per heavy atom. The van der Waals surface area contributed by atoms with Gasteiger partial charge in [0.25, 0.3) is 5.91 Å². The third-order valence-electron chi connectivity index (χ3n) is 3.99. The highest BCUT2D eigenvalue weighted by Gasteiger charge is 2.10. The van der Waals surface area contributed by atoms with Crippen LogP contribution < -0.4 is 15.4 Å². The van der Waals surface area contributed by atoms with E-state index in [0.717, 1.165) is 16.9 Å².